The van der Waals surface area contributed by atoms with Crippen molar-refractivity contribution in [1.82, 2.24) is 10.2 Å². The molecule has 0 spiro atoms. The predicted octanol–water partition coefficient (Wildman–Crippen LogP) is 3.28. The molecule has 1 amide bonds. The zero-order valence-corrected chi connectivity index (χ0v) is 16.3. The molecule has 1 atom stereocenters. The second-order valence-electron chi connectivity index (χ2n) is 6.65. The van der Waals surface area contributed by atoms with Crippen LogP contribution in [0.15, 0.2) is 24.3 Å². The minimum atomic E-state index is 0. The topological polar surface area (TPSA) is 58.4 Å². The number of benzene rings is 1. The summed E-state index contributed by atoms with van der Waals surface area (Å²) in [5, 5.41) is 3.11. The van der Waals surface area contributed by atoms with Crippen molar-refractivity contribution in [3.8, 4) is 0 Å². The monoisotopic (exact) mass is 375 g/mol. The van der Waals surface area contributed by atoms with Crippen molar-refractivity contribution in [3.05, 3.63) is 29.8 Å². The van der Waals surface area contributed by atoms with Crippen LogP contribution in [0.2, 0.25) is 0 Å². The fraction of sp³-hybridized carbons (Fsp3) is 0.611. The molecule has 2 rings (SSSR count). The third-order valence-electron chi connectivity index (χ3n) is 4.71. The summed E-state index contributed by atoms with van der Waals surface area (Å²) in [6, 6.07) is 7.95. The summed E-state index contributed by atoms with van der Waals surface area (Å²) in [6.07, 6.45) is 7.02. The molecule has 0 bridgehead atoms. The molecule has 4 nitrogen and oxygen atoms in total. The molecule has 1 aromatic rings. The van der Waals surface area contributed by atoms with Crippen LogP contribution in [-0.4, -0.2) is 37.5 Å². The number of anilines is 1. The van der Waals surface area contributed by atoms with E-state index < -0.39 is 0 Å². The maximum Gasteiger partial charge on any atom is 0.224 e. The number of carbonyl (C=O) groups is 1. The summed E-state index contributed by atoms with van der Waals surface area (Å²) in [5.41, 5.74) is 7.40. The fourth-order valence-electron chi connectivity index (χ4n) is 3.39. The van der Waals surface area contributed by atoms with E-state index in [0.29, 0.717) is 18.4 Å². The van der Waals surface area contributed by atoms with Gasteiger partial charge in [0.25, 0.3) is 0 Å². The molecule has 1 aliphatic rings. The van der Waals surface area contributed by atoms with Crippen LogP contribution in [0.5, 0.6) is 0 Å². The van der Waals surface area contributed by atoms with Crippen LogP contribution in [0.4, 0.5) is 5.69 Å². The third-order valence-corrected chi connectivity index (χ3v) is 4.71. The normalized spacial score (nSPS) is 16.0. The molecule has 1 aromatic carbocycles. The second kappa shape index (κ2) is 11.6. The van der Waals surface area contributed by atoms with Gasteiger partial charge in [-0.25, -0.2) is 0 Å². The lowest BCUT2D eigenvalue weighted by Gasteiger charge is -2.35. The highest BCUT2D eigenvalue weighted by molar-refractivity contribution is 5.85. The Balaban J connectivity index is 0.00000264. The van der Waals surface area contributed by atoms with Gasteiger partial charge >= 0.3 is 0 Å². The van der Waals surface area contributed by atoms with Gasteiger partial charge in [-0.05, 0) is 50.6 Å². The van der Waals surface area contributed by atoms with Crippen molar-refractivity contribution in [1.29, 1.82) is 0 Å². The Kier molecular flexibility index (Phi) is 11.1. The molecule has 0 heterocycles. The lowest BCUT2D eigenvalue weighted by Crippen LogP contribution is -2.45. The van der Waals surface area contributed by atoms with Gasteiger partial charge in [0, 0.05) is 18.3 Å². The van der Waals surface area contributed by atoms with Crippen LogP contribution in [0, 0.1) is 5.92 Å². The van der Waals surface area contributed by atoms with E-state index in [1.165, 1.54) is 32.1 Å². The van der Waals surface area contributed by atoms with Gasteiger partial charge in [0.2, 0.25) is 5.91 Å². The number of hydrogen-bond acceptors (Lipinski definition) is 3. The van der Waals surface area contributed by atoms with Crippen LogP contribution in [0.25, 0.3) is 0 Å². The Morgan fingerprint density at radius 1 is 1.17 bits per heavy atom. The summed E-state index contributed by atoms with van der Waals surface area (Å²) in [5.74, 6) is 0.799. The first kappa shape index (κ1) is 23.0. The van der Waals surface area contributed by atoms with Crippen molar-refractivity contribution < 1.29 is 4.79 Å². The number of nitrogen functional groups attached to an aromatic ring is 1. The van der Waals surface area contributed by atoms with Crippen molar-refractivity contribution >= 4 is 36.4 Å². The summed E-state index contributed by atoms with van der Waals surface area (Å²) in [7, 11) is 4.23. The van der Waals surface area contributed by atoms with E-state index in [0.717, 1.165) is 17.8 Å². The minimum Gasteiger partial charge on any atom is -0.399 e. The average Bonchev–Trinajstić information content (AvgIpc) is 2.50. The molecule has 0 saturated heterocycles. The molecule has 138 valence electrons. The number of hydrogen-bond donors (Lipinski definition) is 2. The van der Waals surface area contributed by atoms with Crippen LogP contribution in [-0.2, 0) is 11.2 Å². The molecule has 0 aromatic heterocycles. The summed E-state index contributed by atoms with van der Waals surface area (Å²) >= 11 is 0. The van der Waals surface area contributed by atoms with Crippen molar-refractivity contribution in [3.63, 3.8) is 0 Å². The number of nitrogens with one attached hydrogen (secondary N) is 1. The smallest absolute Gasteiger partial charge is 0.224 e. The Hall–Kier alpha value is -0.970. The number of likely N-dealkylation sites (N-methyl/N-ethyl adjacent to an activating group) is 1. The molecule has 6 heteroatoms. The van der Waals surface area contributed by atoms with Crippen molar-refractivity contribution in [2.75, 3.05) is 26.4 Å². The molecule has 3 N–H and O–H groups in total. The van der Waals surface area contributed by atoms with Crippen LogP contribution >= 0.6 is 24.8 Å². The second-order valence-corrected chi connectivity index (χ2v) is 6.65. The first-order valence-corrected chi connectivity index (χ1v) is 8.34. The number of rotatable bonds is 6. The van der Waals surface area contributed by atoms with Crippen molar-refractivity contribution in [2.45, 2.75) is 44.6 Å². The van der Waals surface area contributed by atoms with Gasteiger partial charge < -0.3 is 16.0 Å². The molecule has 1 saturated carbocycles. The van der Waals surface area contributed by atoms with E-state index in [-0.39, 0.29) is 30.7 Å². The van der Waals surface area contributed by atoms with E-state index >= 15 is 0 Å². The van der Waals surface area contributed by atoms with Gasteiger partial charge in [-0.3, -0.25) is 4.79 Å². The van der Waals surface area contributed by atoms with Gasteiger partial charge in [-0.1, -0.05) is 31.4 Å². The molecule has 24 heavy (non-hydrogen) atoms. The Labute approximate surface area is 158 Å². The van der Waals surface area contributed by atoms with Gasteiger partial charge in [0.1, 0.15) is 0 Å². The largest absolute Gasteiger partial charge is 0.399 e. The van der Waals surface area contributed by atoms with Crippen molar-refractivity contribution in [2.24, 2.45) is 5.92 Å². The highest BCUT2D eigenvalue weighted by atomic mass is 35.5. The van der Waals surface area contributed by atoms with E-state index in [2.05, 4.69) is 24.3 Å². The lowest BCUT2D eigenvalue weighted by atomic mass is 9.83. The molecular weight excluding hydrogens is 345 g/mol. The zero-order chi connectivity index (χ0) is 15.9. The summed E-state index contributed by atoms with van der Waals surface area (Å²) < 4.78 is 0. The SMILES string of the molecule is CN(C)C(CNC(=O)Cc1ccc(N)cc1)C1CCCCC1.Cl.Cl. The summed E-state index contributed by atoms with van der Waals surface area (Å²) in [6.45, 7) is 0.742. The zero-order valence-electron chi connectivity index (χ0n) is 14.7. The van der Waals surface area contributed by atoms with Gasteiger partial charge in [-0.2, -0.15) is 0 Å². The van der Waals surface area contributed by atoms with E-state index in [9.17, 15) is 4.79 Å². The molecule has 1 aliphatic carbocycles. The van der Waals surface area contributed by atoms with E-state index in [1.54, 1.807) is 0 Å². The third kappa shape index (κ3) is 7.29. The highest BCUT2D eigenvalue weighted by Crippen LogP contribution is 2.28. The predicted molar refractivity (Wildman–Crippen MR) is 106 cm³/mol. The number of halogens is 2. The van der Waals surface area contributed by atoms with Crippen LogP contribution in [0.3, 0.4) is 0 Å². The van der Waals surface area contributed by atoms with Gasteiger partial charge in [0.15, 0.2) is 0 Å². The molecule has 1 unspecified atom stereocenters. The first-order chi connectivity index (χ1) is 10.6. The summed E-state index contributed by atoms with van der Waals surface area (Å²) in [4.78, 5) is 14.4. The lowest BCUT2D eigenvalue weighted by molar-refractivity contribution is -0.120. The van der Waals surface area contributed by atoms with E-state index in [1.807, 2.05) is 24.3 Å². The van der Waals surface area contributed by atoms with E-state index in [4.69, 9.17) is 5.73 Å². The number of carbonyl (C=O) groups excluding carboxylic acids is 1. The van der Waals surface area contributed by atoms with Crippen LogP contribution in [0.1, 0.15) is 37.7 Å². The maximum absolute atomic E-state index is 12.1. The highest BCUT2D eigenvalue weighted by Gasteiger charge is 2.25. The standard InChI is InChI=1S/C18H29N3O.2ClH/c1-21(2)17(15-6-4-3-5-7-15)13-20-18(22)12-14-8-10-16(19)11-9-14;;/h8-11,15,17H,3-7,12-13,19H2,1-2H3,(H,20,22);2*1H. The number of nitrogens with zero attached hydrogens (tertiary/aromatic N) is 1. The number of nitrogens with two attached hydrogens (primary N) is 1. The van der Waals surface area contributed by atoms with Gasteiger partial charge in [-0.15, -0.1) is 24.8 Å². The first-order valence-electron chi connectivity index (χ1n) is 8.34. The molecule has 0 radical (unpaired) electrons. The fourth-order valence-corrected chi connectivity index (χ4v) is 3.39. The minimum absolute atomic E-state index is 0. The van der Waals surface area contributed by atoms with Gasteiger partial charge in [0.05, 0.1) is 6.42 Å². The maximum atomic E-state index is 12.1. The Bertz CT molecular complexity index is 474. The Morgan fingerprint density at radius 3 is 2.29 bits per heavy atom. The molecule has 1 fully saturated rings. The quantitative estimate of drug-likeness (QED) is 0.749. The average molecular weight is 376 g/mol. The van der Waals surface area contributed by atoms with Crippen LogP contribution < -0.4 is 11.1 Å². The molecule has 0 aliphatic heterocycles. The Morgan fingerprint density at radius 2 is 1.75 bits per heavy atom. The molecular formula is C18H31Cl2N3O. The number of amides is 1.